The van der Waals surface area contributed by atoms with Crippen LogP contribution in [-0.4, -0.2) is 42.0 Å². The van der Waals surface area contributed by atoms with Crippen LogP contribution in [0.3, 0.4) is 0 Å². The number of amides is 2. The molecule has 0 spiro atoms. The zero-order valence-electron chi connectivity index (χ0n) is 21.3. The van der Waals surface area contributed by atoms with Gasteiger partial charge in [0.2, 0.25) is 11.8 Å². The summed E-state index contributed by atoms with van der Waals surface area (Å²) >= 11 is 0. The molecule has 0 aliphatic carbocycles. The molecule has 2 rings (SSSR count). The number of benzene rings is 2. The average Bonchev–Trinajstić information content (AvgIpc) is 2.84. The first-order valence-electron chi connectivity index (χ1n) is 12.5. The van der Waals surface area contributed by atoms with Gasteiger partial charge in [-0.25, -0.2) is 0 Å². The number of aryl methyl sites for hydroxylation is 1. The van der Waals surface area contributed by atoms with Crippen molar-refractivity contribution in [1.82, 2.24) is 10.2 Å². The molecule has 34 heavy (non-hydrogen) atoms. The summed E-state index contributed by atoms with van der Waals surface area (Å²) in [5.41, 5.74) is 2.00. The van der Waals surface area contributed by atoms with Gasteiger partial charge in [0, 0.05) is 19.0 Å². The van der Waals surface area contributed by atoms with Crippen LogP contribution < -0.4 is 14.8 Å². The summed E-state index contributed by atoms with van der Waals surface area (Å²) in [7, 11) is 0. The van der Waals surface area contributed by atoms with Gasteiger partial charge >= 0.3 is 0 Å². The van der Waals surface area contributed by atoms with Gasteiger partial charge in [0.1, 0.15) is 6.04 Å². The Bertz CT molecular complexity index is 901. The van der Waals surface area contributed by atoms with Gasteiger partial charge < -0.3 is 19.7 Å². The van der Waals surface area contributed by atoms with Crippen molar-refractivity contribution in [2.75, 3.05) is 13.2 Å². The zero-order chi connectivity index (χ0) is 24.9. The van der Waals surface area contributed by atoms with Gasteiger partial charge in [0.05, 0.1) is 13.2 Å². The van der Waals surface area contributed by atoms with Crippen molar-refractivity contribution in [2.45, 2.75) is 78.9 Å². The van der Waals surface area contributed by atoms with Crippen molar-refractivity contribution >= 4 is 11.8 Å². The lowest BCUT2D eigenvalue weighted by Gasteiger charge is -2.31. The van der Waals surface area contributed by atoms with Crippen LogP contribution >= 0.6 is 0 Å². The van der Waals surface area contributed by atoms with E-state index in [1.54, 1.807) is 4.90 Å². The minimum absolute atomic E-state index is 0.0400. The lowest BCUT2D eigenvalue weighted by molar-refractivity contribution is -0.141. The highest BCUT2D eigenvalue weighted by Gasteiger charge is 2.29. The molecule has 0 aromatic heterocycles. The van der Waals surface area contributed by atoms with Gasteiger partial charge in [-0.2, -0.15) is 0 Å². The third-order valence-corrected chi connectivity index (χ3v) is 5.82. The van der Waals surface area contributed by atoms with Crippen LogP contribution in [0.15, 0.2) is 48.5 Å². The monoisotopic (exact) mass is 468 g/mol. The predicted molar refractivity (Wildman–Crippen MR) is 136 cm³/mol. The van der Waals surface area contributed by atoms with Crippen LogP contribution in [0.25, 0.3) is 0 Å². The molecule has 186 valence electrons. The van der Waals surface area contributed by atoms with E-state index in [-0.39, 0.29) is 17.9 Å². The van der Waals surface area contributed by atoms with Gasteiger partial charge in [-0.3, -0.25) is 9.59 Å². The summed E-state index contributed by atoms with van der Waals surface area (Å²) in [6.45, 7) is 11.3. The van der Waals surface area contributed by atoms with Crippen molar-refractivity contribution in [1.29, 1.82) is 0 Å². The Morgan fingerprint density at radius 2 is 1.56 bits per heavy atom. The maximum absolute atomic E-state index is 13.5. The molecular weight excluding hydrogens is 428 g/mol. The molecule has 2 aromatic rings. The highest BCUT2D eigenvalue weighted by Crippen LogP contribution is 2.29. The standard InChI is InChI=1S/C28H40N2O4/c1-6-21(5)29-28(32)24(7-2)30(20-23-13-11-10-12-14-23)27(31)18-16-22-15-17-25(33-8-3)26(19-22)34-9-4/h10-15,17,19,21,24H,6-9,16,18,20H2,1-5H3,(H,29,32)/t21-,24+/m1/s1. The zero-order valence-corrected chi connectivity index (χ0v) is 21.3. The lowest BCUT2D eigenvalue weighted by Crippen LogP contribution is -2.50. The van der Waals surface area contributed by atoms with E-state index in [1.807, 2.05) is 83.1 Å². The average molecular weight is 469 g/mol. The molecule has 0 fully saturated rings. The molecule has 0 radical (unpaired) electrons. The van der Waals surface area contributed by atoms with E-state index in [0.29, 0.717) is 50.5 Å². The molecule has 6 nitrogen and oxygen atoms in total. The number of nitrogens with one attached hydrogen (secondary N) is 1. The maximum Gasteiger partial charge on any atom is 0.243 e. The Morgan fingerprint density at radius 1 is 0.882 bits per heavy atom. The minimum Gasteiger partial charge on any atom is -0.490 e. The Hall–Kier alpha value is -3.02. The molecule has 2 atom stereocenters. The highest BCUT2D eigenvalue weighted by molar-refractivity contribution is 5.88. The predicted octanol–water partition coefficient (Wildman–Crippen LogP) is 5.14. The van der Waals surface area contributed by atoms with E-state index < -0.39 is 6.04 Å². The van der Waals surface area contributed by atoms with Crippen molar-refractivity contribution in [3.63, 3.8) is 0 Å². The Kier molecular flexibility index (Phi) is 11.4. The van der Waals surface area contributed by atoms with E-state index in [4.69, 9.17) is 9.47 Å². The van der Waals surface area contributed by atoms with Crippen LogP contribution in [0, 0.1) is 0 Å². The van der Waals surface area contributed by atoms with E-state index in [2.05, 4.69) is 5.32 Å². The summed E-state index contributed by atoms with van der Waals surface area (Å²) < 4.78 is 11.4. The summed E-state index contributed by atoms with van der Waals surface area (Å²) in [6.07, 6.45) is 2.26. The summed E-state index contributed by atoms with van der Waals surface area (Å²) in [6, 6.07) is 15.2. The minimum atomic E-state index is -0.513. The molecule has 0 unspecified atom stereocenters. The number of carbonyl (C=O) groups excluding carboxylic acids is 2. The molecule has 0 bridgehead atoms. The fourth-order valence-corrected chi connectivity index (χ4v) is 3.79. The molecule has 0 saturated carbocycles. The first-order valence-corrected chi connectivity index (χ1v) is 12.5. The van der Waals surface area contributed by atoms with Gasteiger partial charge in [-0.05, 0) is 63.3 Å². The molecule has 0 heterocycles. The van der Waals surface area contributed by atoms with Crippen LogP contribution in [0.2, 0.25) is 0 Å². The fraction of sp³-hybridized carbons (Fsp3) is 0.500. The second kappa shape index (κ2) is 14.3. The Morgan fingerprint density at radius 3 is 2.18 bits per heavy atom. The molecule has 0 aliphatic rings. The molecular formula is C28H40N2O4. The fourth-order valence-electron chi connectivity index (χ4n) is 3.79. The van der Waals surface area contributed by atoms with E-state index >= 15 is 0 Å². The largest absolute Gasteiger partial charge is 0.490 e. The van der Waals surface area contributed by atoms with Crippen molar-refractivity contribution < 1.29 is 19.1 Å². The SMILES string of the molecule is CCOc1ccc(CCC(=O)N(Cc2ccccc2)[C@@H](CC)C(=O)N[C@H](C)CC)cc1OCC. The summed E-state index contributed by atoms with van der Waals surface area (Å²) in [5, 5.41) is 3.05. The second-order valence-electron chi connectivity index (χ2n) is 8.40. The first-order chi connectivity index (χ1) is 16.4. The second-order valence-corrected chi connectivity index (χ2v) is 8.40. The lowest BCUT2D eigenvalue weighted by atomic mass is 10.1. The molecule has 0 aliphatic heterocycles. The molecule has 1 N–H and O–H groups in total. The quantitative estimate of drug-likeness (QED) is 0.417. The number of hydrogen-bond donors (Lipinski definition) is 1. The molecule has 6 heteroatoms. The number of rotatable bonds is 14. The topological polar surface area (TPSA) is 67.9 Å². The van der Waals surface area contributed by atoms with Crippen molar-refractivity contribution in [2.24, 2.45) is 0 Å². The maximum atomic E-state index is 13.5. The normalized spacial score (nSPS) is 12.5. The molecule has 2 aromatic carbocycles. The van der Waals surface area contributed by atoms with Crippen molar-refractivity contribution in [3.8, 4) is 11.5 Å². The highest BCUT2D eigenvalue weighted by atomic mass is 16.5. The van der Waals surface area contributed by atoms with Crippen LogP contribution in [-0.2, 0) is 22.6 Å². The van der Waals surface area contributed by atoms with Gasteiger partial charge in [-0.15, -0.1) is 0 Å². The number of nitrogens with zero attached hydrogens (tertiary/aromatic N) is 1. The van der Waals surface area contributed by atoms with Crippen LogP contribution in [0.4, 0.5) is 0 Å². The van der Waals surface area contributed by atoms with Crippen LogP contribution in [0.1, 0.15) is 65.0 Å². The van der Waals surface area contributed by atoms with E-state index in [1.165, 1.54) is 0 Å². The third kappa shape index (κ3) is 8.08. The first kappa shape index (κ1) is 27.2. The molecule has 2 amide bonds. The van der Waals surface area contributed by atoms with Gasteiger partial charge in [-0.1, -0.05) is 50.2 Å². The summed E-state index contributed by atoms with van der Waals surface area (Å²) in [5.74, 6) is 1.26. The van der Waals surface area contributed by atoms with Crippen molar-refractivity contribution in [3.05, 3.63) is 59.7 Å². The third-order valence-electron chi connectivity index (χ3n) is 5.82. The van der Waals surface area contributed by atoms with Gasteiger partial charge in [0.25, 0.3) is 0 Å². The van der Waals surface area contributed by atoms with E-state index in [9.17, 15) is 9.59 Å². The molecule has 0 saturated heterocycles. The Balaban J connectivity index is 2.20. The van der Waals surface area contributed by atoms with Gasteiger partial charge in [0.15, 0.2) is 11.5 Å². The Labute approximate surface area is 204 Å². The van der Waals surface area contributed by atoms with Crippen LogP contribution in [0.5, 0.6) is 11.5 Å². The number of carbonyl (C=O) groups is 2. The summed E-state index contributed by atoms with van der Waals surface area (Å²) in [4.78, 5) is 28.2. The van der Waals surface area contributed by atoms with E-state index in [0.717, 1.165) is 17.5 Å². The number of hydrogen-bond acceptors (Lipinski definition) is 4. The number of ether oxygens (including phenoxy) is 2. The smallest absolute Gasteiger partial charge is 0.243 e.